The van der Waals surface area contributed by atoms with Crippen molar-refractivity contribution in [2.24, 2.45) is 0 Å². The Bertz CT molecular complexity index is 336. The zero-order chi connectivity index (χ0) is 15.5. The third kappa shape index (κ3) is 7.90. The molecule has 0 saturated carbocycles. The molecule has 8 nitrogen and oxygen atoms in total. The van der Waals surface area contributed by atoms with Gasteiger partial charge in [-0.2, -0.15) is 8.42 Å². The van der Waals surface area contributed by atoms with Crippen molar-refractivity contribution in [1.82, 2.24) is 0 Å². The molecule has 0 heterocycles. The second-order valence-electron chi connectivity index (χ2n) is 3.29. The van der Waals surface area contributed by atoms with Crippen LogP contribution in [-0.2, 0) is 38.0 Å². The summed E-state index contributed by atoms with van der Waals surface area (Å²) in [6.45, 7) is 8.73. The van der Waals surface area contributed by atoms with Gasteiger partial charge < -0.3 is 14.2 Å². The monoisotopic (exact) mass is 314 g/mol. The molecule has 0 N–H and O–H groups in total. The van der Waals surface area contributed by atoms with Gasteiger partial charge in [0.25, 0.3) is 0 Å². The molecule has 0 aliphatic rings. The van der Waals surface area contributed by atoms with Crippen molar-refractivity contribution in [3.63, 3.8) is 0 Å². The highest BCUT2D eigenvalue weighted by molar-refractivity contribution is 7.81. The summed E-state index contributed by atoms with van der Waals surface area (Å²) in [5, 5.41) is 0. The highest BCUT2D eigenvalue weighted by atomic mass is 32.3. The summed E-state index contributed by atoms with van der Waals surface area (Å²) in [5.74, 6) is -1.52. The van der Waals surface area contributed by atoms with Crippen LogP contribution in [0.25, 0.3) is 0 Å². The van der Waals surface area contributed by atoms with Crippen LogP contribution >= 0.6 is 0 Å². The molecule has 0 aromatic heterocycles. The second-order valence-corrected chi connectivity index (χ2v) is 4.48. The van der Waals surface area contributed by atoms with E-state index in [0.717, 1.165) is 0 Å². The summed E-state index contributed by atoms with van der Waals surface area (Å²) in [6.07, 6.45) is 1.26. The topological polar surface area (TPSA) is 89.5 Å². The average Bonchev–Trinajstić information content (AvgIpc) is 2.37. The standard InChI is InChI=1S/C11H22O8S/c1-5-9-18-20(12,13)19-17-10-11(14-6-2,15-7-3)16-8-4/h5H,1,6-10H2,2-4H3. The van der Waals surface area contributed by atoms with E-state index >= 15 is 0 Å². The van der Waals surface area contributed by atoms with Gasteiger partial charge in [-0.1, -0.05) is 10.4 Å². The average molecular weight is 314 g/mol. The Labute approximate surface area is 119 Å². The Morgan fingerprint density at radius 3 is 1.95 bits per heavy atom. The van der Waals surface area contributed by atoms with Crippen LogP contribution < -0.4 is 0 Å². The molecule has 20 heavy (non-hydrogen) atoms. The lowest BCUT2D eigenvalue weighted by Gasteiger charge is -2.30. The number of rotatable bonds is 13. The first kappa shape index (κ1) is 19.4. The van der Waals surface area contributed by atoms with Crippen LogP contribution in [0, 0.1) is 0 Å². The quantitative estimate of drug-likeness (QED) is 0.216. The molecule has 0 spiro atoms. The predicted molar refractivity (Wildman–Crippen MR) is 69.7 cm³/mol. The summed E-state index contributed by atoms with van der Waals surface area (Å²) in [5.41, 5.74) is 0. The van der Waals surface area contributed by atoms with Crippen molar-refractivity contribution < 1.29 is 36.0 Å². The SMILES string of the molecule is C=CCOS(=O)(=O)OOCC(OCC)(OCC)OCC. The molecule has 0 radical (unpaired) electrons. The van der Waals surface area contributed by atoms with E-state index < -0.39 is 23.0 Å². The highest BCUT2D eigenvalue weighted by Crippen LogP contribution is 2.17. The molecule has 0 fully saturated rings. The van der Waals surface area contributed by atoms with E-state index in [1.165, 1.54) is 6.08 Å². The lowest BCUT2D eigenvalue weighted by molar-refractivity contribution is -0.417. The maximum atomic E-state index is 11.2. The van der Waals surface area contributed by atoms with Gasteiger partial charge in [0, 0.05) is 19.8 Å². The summed E-state index contributed by atoms with van der Waals surface area (Å²) < 4.78 is 46.9. The number of hydrogen-bond donors (Lipinski definition) is 0. The van der Waals surface area contributed by atoms with Crippen LogP contribution in [0.15, 0.2) is 12.7 Å². The third-order valence-electron chi connectivity index (χ3n) is 1.79. The van der Waals surface area contributed by atoms with E-state index in [1.54, 1.807) is 20.8 Å². The van der Waals surface area contributed by atoms with E-state index in [4.69, 9.17) is 14.2 Å². The Hall–Kier alpha value is -0.550. The Balaban J connectivity index is 4.48. The van der Waals surface area contributed by atoms with Crippen LogP contribution in [0.3, 0.4) is 0 Å². The third-order valence-corrected chi connectivity index (χ3v) is 2.48. The van der Waals surface area contributed by atoms with Gasteiger partial charge in [-0.05, 0) is 20.8 Å². The molecule has 0 saturated heterocycles. The van der Waals surface area contributed by atoms with Crippen LogP contribution in [0.1, 0.15) is 20.8 Å². The molecule has 0 atom stereocenters. The number of ether oxygens (including phenoxy) is 3. The zero-order valence-corrected chi connectivity index (χ0v) is 12.8. The van der Waals surface area contributed by atoms with Gasteiger partial charge >= 0.3 is 16.4 Å². The normalized spacial score (nSPS) is 12.6. The number of hydrogen-bond acceptors (Lipinski definition) is 8. The van der Waals surface area contributed by atoms with E-state index in [-0.39, 0.29) is 26.4 Å². The van der Waals surface area contributed by atoms with Gasteiger partial charge in [0.2, 0.25) is 0 Å². The molecule has 0 aromatic rings. The van der Waals surface area contributed by atoms with Crippen molar-refractivity contribution >= 4 is 10.4 Å². The van der Waals surface area contributed by atoms with Crippen molar-refractivity contribution in [2.45, 2.75) is 26.7 Å². The highest BCUT2D eigenvalue weighted by Gasteiger charge is 2.34. The fourth-order valence-electron chi connectivity index (χ4n) is 1.22. The molecule has 0 amide bonds. The van der Waals surface area contributed by atoms with Gasteiger partial charge in [0.05, 0.1) is 6.61 Å². The van der Waals surface area contributed by atoms with E-state index in [0.29, 0.717) is 0 Å². The minimum atomic E-state index is -4.27. The van der Waals surface area contributed by atoms with Crippen molar-refractivity contribution in [3.05, 3.63) is 12.7 Å². The smallest absolute Gasteiger partial charge is 0.326 e. The van der Waals surface area contributed by atoms with Crippen LogP contribution in [0.2, 0.25) is 0 Å². The van der Waals surface area contributed by atoms with E-state index in [2.05, 4.69) is 20.0 Å². The molecule has 0 unspecified atom stereocenters. The molecule has 0 rings (SSSR count). The first-order valence-electron chi connectivity index (χ1n) is 6.18. The lowest BCUT2D eigenvalue weighted by atomic mass is 10.5. The van der Waals surface area contributed by atoms with Crippen molar-refractivity contribution in [1.29, 1.82) is 0 Å². The summed E-state index contributed by atoms with van der Waals surface area (Å²) >= 11 is 0. The maximum absolute atomic E-state index is 11.2. The second kappa shape index (κ2) is 10.2. The molecule has 0 aliphatic carbocycles. The Morgan fingerprint density at radius 1 is 1.05 bits per heavy atom. The minimum Gasteiger partial charge on any atom is -0.326 e. The van der Waals surface area contributed by atoms with Crippen molar-refractivity contribution in [3.8, 4) is 0 Å². The first-order chi connectivity index (χ1) is 9.45. The predicted octanol–water partition coefficient (Wildman–Crippen LogP) is 1.15. The molecule has 0 aromatic carbocycles. The summed E-state index contributed by atoms with van der Waals surface area (Å²) in [4.78, 5) is 4.60. The summed E-state index contributed by atoms with van der Waals surface area (Å²) in [6, 6.07) is 0. The van der Waals surface area contributed by atoms with Crippen LogP contribution in [-0.4, -0.2) is 47.4 Å². The molecule has 0 aliphatic heterocycles. The molecule has 0 bridgehead atoms. The Kier molecular flexibility index (Phi) is 9.94. The molecular formula is C11H22O8S. The fourth-order valence-corrected chi connectivity index (χ4v) is 1.68. The van der Waals surface area contributed by atoms with E-state index in [1.807, 2.05) is 0 Å². The Morgan fingerprint density at radius 2 is 1.55 bits per heavy atom. The minimum absolute atomic E-state index is 0.223. The maximum Gasteiger partial charge on any atom is 0.426 e. The van der Waals surface area contributed by atoms with E-state index in [9.17, 15) is 8.42 Å². The first-order valence-corrected chi connectivity index (χ1v) is 7.51. The zero-order valence-electron chi connectivity index (χ0n) is 12.0. The molecule has 9 heteroatoms. The lowest BCUT2D eigenvalue weighted by Crippen LogP contribution is -2.44. The fraction of sp³-hybridized carbons (Fsp3) is 0.818. The van der Waals surface area contributed by atoms with Crippen LogP contribution in [0.5, 0.6) is 0 Å². The van der Waals surface area contributed by atoms with Gasteiger partial charge in [-0.3, -0.25) is 0 Å². The van der Waals surface area contributed by atoms with Gasteiger partial charge in [0.1, 0.15) is 0 Å². The largest absolute Gasteiger partial charge is 0.426 e. The van der Waals surface area contributed by atoms with Gasteiger partial charge in [-0.25, -0.2) is 9.07 Å². The molecular weight excluding hydrogens is 292 g/mol. The summed E-state index contributed by atoms with van der Waals surface area (Å²) in [7, 11) is -4.27. The molecule has 120 valence electrons. The van der Waals surface area contributed by atoms with Crippen LogP contribution in [0.4, 0.5) is 0 Å². The van der Waals surface area contributed by atoms with Crippen molar-refractivity contribution in [2.75, 3.05) is 33.0 Å². The van der Waals surface area contributed by atoms with Gasteiger partial charge in [0.15, 0.2) is 6.61 Å². The van der Waals surface area contributed by atoms with Gasteiger partial charge in [-0.15, -0.1) is 6.58 Å².